The molecule has 11 heteroatoms. The monoisotopic (exact) mass is 550 g/mol. The summed E-state index contributed by atoms with van der Waals surface area (Å²) in [5.74, 6) is 0. The summed E-state index contributed by atoms with van der Waals surface area (Å²) in [4.78, 5) is 34.1. The van der Waals surface area contributed by atoms with Gasteiger partial charge in [0.25, 0.3) is 0 Å². The number of hydrogen-bond donors (Lipinski definition) is 1. The molecule has 1 N–H and O–H groups in total. The summed E-state index contributed by atoms with van der Waals surface area (Å²) in [6.45, 7) is 4.15. The van der Waals surface area contributed by atoms with E-state index in [0.717, 1.165) is 5.69 Å². The first kappa shape index (κ1) is 30.4. The van der Waals surface area contributed by atoms with Gasteiger partial charge in [0.2, 0.25) is 0 Å². The predicted octanol–water partition coefficient (Wildman–Crippen LogP) is 3.45. The first-order valence-electron chi connectivity index (χ1n) is 8.42. The van der Waals surface area contributed by atoms with Crippen molar-refractivity contribution in [1.29, 1.82) is 0 Å². The Balaban J connectivity index is 0. The highest BCUT2D eigenvalue weighted by atomic mass is 127. The second kappa shape index (κ2) is 20.5. The minimum atomic E-state index is 0. The number of H-pyrrole nitrogens is 1. The Morgan fingerprint density at radius 1 is 0.719 bits per heavy atom. The molecule has 0 unspecified atom stereocenters. The largest absolute Gasteiger partial charge is 0.373 e. The molecule has 0 amide bonds. The van der Waals surface area contributed by atoms with Gasteiger partial charge in [0, 0.05) is 3.57 Å². The molecule has 168 valence electrons. The topological polar surface area (TPSA) is 141 Å². The highest BCUT2D eigenvalue weighted by molar-refractivity contribution is 14.1. The van der Waals surface area contributed by atoms with E-state index in [1.807, 2.05) is 24.3 Å². The van der Waals surface area contributed by atoms with Crippen molar-refractivity contribution in [2.75, 3.05) is 0 Å². The lowest BCUT2D eigenvalue weighted by atomic mass is 10.2. The number of nitrogens with zero attached hydrogens (tertiary/aromatic N) is 5. The Morgan fingerprint density at radius 2 is 1.09 bits per heavy atom. The fourth-order valence-corrected chi connectivity index (χ4v) is 2.09. The van der Waals surface area contributed by atoms with Crippen LogP contribution >= 0.6 is 22.6 Å². The van der Waals surface area contributed by atoms with Gasteiger partial charge in [0.05, 0.1) is 30.5 Å². The quantitative estimate of drug-likeness (QED) is 0.356. The molecule has 2 aromatic heterocycles. The van der Waals surface area contributed by atoms with Crippen LogP contribution in [-0.4, -0.2) is 42.7 Å². The van der Waals surface area contributed by atoms with Gasteiger partial charge in [0.15, 0.2) is 0 Å². The van der Waals surface area contributed by atoms with E-state index in [9.17, 15) is 0 Å². The van der Waals surface area contributed by atoms with Crippen LogP contribution in [0.1, 0.15) is 18.6 Å². The molecular weight excluding hydrogens is 527 g/mol. The third-order valence-electron chi connectivity index (χ3n) is 3.03. The lowest BCUT2D eigenvalue weighted by molar-refractivity contribution is -0.193. The molecule has 0 aliphatic heterocycles. The second-order valence-electron chi connectivity index (χ2n) is 5.27. The zero-order valence-corrected chi connectivity index (χ0v) is 18.8. The lowest BCUT2D eigenvalue weighted by Gasteiger charge is -1.98. The maximum Gasteiger partial charge on any atom is 0.373 e. The minimum absolute atomic E-state index is 0. The van der Waals surface area contributed by atoms with Crippen molar-refractivity contribution in [3.8, 4) is 5.69 Å². The van der Waals surface area contributed by atoms with Gasteiger partial charge >= 0.3 is 12.3 Å². The first-order valence-corrected chi connectivity index (χ1v) is 9.50. The van der Waals surface area contributed by atoms with Crippen LogP contribution in [-0.2, 0) is 19.2 Å². The molecule has 0 saturated carbocycles. The van der Waals surface area contributed by atoms with Crippen LogP contribution in [0.4, 0.5) is 0 Å². The summed E-state index contributed by atoms with van der Waals surface area (Å²) in [6.07, 6.45) is 7.00. The molecule has 10 nitrogen and oxygen atoms in total. The van der Waals surface area contributed by atoms with Gasteiger partial charge in [-0.2, -0.15) is 49.6 Å². The normalized spacial score (nSPS) is 7.84. The molecule has 4 aromatic rings. The van der Waals surface area contributed by atoms with E-state index in [1.165, 1.54) is 14.7 Å². The maximum atomic E-state index is 8.12. The minimum Gasteiger partial charge on any atom is -0.198 e. The van der Waals surface area contributed by atoms with Crippen molar-refractivity contribution in [2.45, 2.75) is 21.3 Å². The summed E-state index contributed by atoms with van der Waals surface area (Å²) in [6, 6.07) is 16.5. The Kier molecular flexibility index (Phi) is 19.5. The molecule has 2 aromatic carbocycles. The average Bonchev–Trinajstić information content (AvgIpc) is 3.50. The average molecular weight is 550 g/mol. The van der Waals surface area contributed by atoms with Gasteiger partial charge in [-0.3, -0.25) is 0 Å². The fourth-order valence-electron chi connectivity index (χ4n) is 1.73. The molecule has 0 spiro atoms. The van der Waals surface area contributed by atoms with Gasteiger partial charge < -0.3 is 0 Å². The van der Waals surface area contributed by atoms with Gasteiger partial charge in [0.1, 0.15) is 0 Å². The number of aromatic amines is 1. The van der Waals surface area contributed by atoms with E-state index in [4.69, 9.17) is 19.2 Å². The highest BCUT2D eigenvalue weighted by Crippen LogP contribution is 2.05. The van der Waals surface area contributed by atoms with Crippen molar-refractivity contribution in [2.24, 2.45) is 0 Å². The van der Waals surface area contributed by atoms with Gasteiger partial charge in [-0.05, 0) is 60.7 Å². The smallest absolute Gasteiger partial charge is 0.198 e. The van der Waals surface area contributed by atoms with Crippen LogP contribution in [0.2, 0.25) is 0 Å². The molecule has 0 fully saturated rings. The summed E-state index contributed by atoms with van der Waals surface area (Å²) in [5.41, 5.74) is 3.56. The highest BCUT2D eigenvalue weighted by Gasteiger charge is 1.94. The summed E-state index contributed by atoms with van der Waals surface area (Å²) < 4.78 is 1.30. The van der Waals surface area contributed by atoms with Crippen molar-refractivity contribution in [3.63, 3.8) is 0 Å². The Hall–Kier alpha value is -3.79. The Morgan fingerprint density at radius 3 is 1.41 bits per heavy atom. The van der Waals surface area contributed by atoms with E-state index in [-0.39, 0.29) is 19.7 Å². The first-order chi connectivity index (χ1) is 15.0. The molecule has 0 radical (unpaired) electrons. The number of hydrogen-bond acceptors (Lipinski definition) is 8. The predicted molar refractivity (Wildman–Crippen MR) is 123 cm³/mol. The number of halogens is 1. The number of carbonyl (C=O) groups excluding carboxylic acids is 4. The number of benzene rings is 2. The van der Waals surface area contributed by atoms with Crippen molar-refractivity contribution < 1.29 is 19.2 Å². The number of rotatable bonds is 1. The molecule has 0 bridgehead atoms. The Bertz CT molecular complexity index is 943. The molecule has 0 atom stereocenters. The zero-order valence-electron chi connectivity index (χ0n) is 16.7. The molecule has 2 heterocycles. The fraction of sp³-hybridized carbons (Fsp3) is 0.143. The van der Waals surface area contributed by atoms with Gasteiger partial charge in [-0.15, -0.1) is 0 Å². The third-order valence-corrected chi connectivity index (χ3v) is 3.74. The molecule has 32 heavy (non-hydrogen) atoms. The molecule has 0 aliphatic rings. The summed E-state index contributed by atoms with van der Waals surface area (Å²) >= 11 is 2.30. The zero-order chi connectivity index (χ0) is 23.3. The molecular formula is C21H23IN6O4. The molecule has 0 saturated heterocycles. The van der Waals surface area contributed by atoms with E-state index < -0.39 is 0 Å². The third kappa shape index (κ3) is 16.1. The van der Waals surface area contributed by atoms with Gasteiger partial charge in [-0.1, -0.05) is 42.8 Å². The summed E-state index contributed by atoms with van der Waals surface area (Å²) in [7, 11) is 0. The van der Waals surface area contributed by atoms with Crippen LogP contribution < -0.4 is 0 Å². The van der Waals surface area contributed by atoms with Crippen LogP contribution in [0.5, 0.6) is 0 Å². The van der Waals surface area contributed by atoms with Crippen LogP contribution in [0.3, 0.4) is 0 Å². The number of nitrogens with one attached hydrogen (secondary N) is 1. The Labute approximate surface area is 199 Å². The standard InChI is InChI=1S/C9H9N3.C7H7I.C2H3N3.2CO2.CH4/c1-8-2-4-9(5-3-8)12-10-6-7-11-12;1-6-2-4-7(8)5-3-6;1-2-4-5-3-1;2*2-1-3;/h2-7H,1H3;2-5H,1H3;1-2H,(H,3,4,5);;;1H4. The van der Waals surface area contributed by atoms with E-state index >= 15 is 0 Å². The van der Waals surface area contributed by atoms with Gasteiger partial charge in [-0.25, -0.2) is 0 Å². The van der Waals surface area contributed by atoms with Crippen LogP contribution in [0.25, 0.3) is 5.69 Å². The van der Waals surface area contributed by atoms with Crippen LogP contribution in [0.15, 0.2) is 73.3 Å². The van der Waals surface area contributed by atoms with E-state index in [2.05, 4.69) is 86.3 Å². The van der Waals surface area contributed by atoms with Crippen molar-refractivity contribution in [1.82, 2.24) is 30.4 Å². The molecule has 0 aliphatic carbocycles. The number of aryl methyl sites for hydroxylation is 2. The summed E-state index contributed by atoms with van der Waals surface area (Å²) in [5, 5.41) is 17.4. The van der Waals surface area contributed by atoms with E-state index in [0.29, 0.717) is 0 Å². The van der Waals surface area contributed by atoms with E-state index in [1.54, 1.807) is 29.6 Å². The number of aromatic nitrogens is 6. The maximum absolute atomic E-state index is 8.12. The van der Waals surface area contributed by atoms with Crippen LogP contribution in [0, 0.1) is 17.4 Å². The lowest BCUT2D eigenvalue weighted by Crippen LogP contribution is -1.97. The van der Waals surface area contributed by atoms with Crippen molar-refractivity contribution >= 4 is 34.9 Å². The second-order valence-corrected chi connectivity index (χ2v) is 6.52. The van der Waals surface area contributed by atoms with Crippen molar-refractivity contribution in [3.05, 3.63) is 88.0 Å². The SMILES string of the molecule is C.Cc1ccc(-n2nccn2)cc1.Cc1ccc(I)cc1.O=C=O.O=C=O.c1cn[nH]n1. The molecule has 4 rings (SSSR count).